The molecule has 0 saturated carbocycles. The fourth-order valence-corrected chi connectivity index (χ4v) is 3.47. The molecule has 0 amide bonds. The maximum Gasteiger partial charge on any atom is 0.0798 e. The van der Waals surface area contributed by atoms with Gasteiger partial charge in [-0.1, -0.05) is 47.5 Å². The Morgan fingerprint density at radius 2 is 1.52 bits per heavy atom. The van der Waals surface area contributed by atoms with Crippen LogP contribution in [-0.2, 0) is 6.54 Å². The summed E-state index contributed by atoms with van der Waals surface area (Å²) in [5, 5.41) is 21.7. The summed E-state index contributed by atoms with van der Waals surface area (Å²) in [6, 6.07) is 14.9. The summed E-state index contributed by atoms with van der Waals surface area (Å²) in [5.41, 5.74) is 2.15. The Balaban J connectivity index is 1.78. The topological polar surface area (TPSA) is 43.7 Å². The van der Waals surface area contributed by atoms with Crippen molar-refractivity contribution < 1.29 is 10.2 Å². The van der Waals surface area contributed by atoms with Crippen LogP contribution in [0, 0.1) is 0 Å². The van der Waals surface area contributed by atoms with Crippen LogP contribution in [0.15, 0.2) is 48.5 Å². The van der Waals surface area contributed by atoms with Crippen molar-refractivity contribution in [3.8, 4) is 0 Å². The minimum Gasteiger partial charge on any atom is -0.395 e. The molecular weight excluding hydrogens is 333 g/mol. The van der Waals surface area contributed by atoms with Crippen molar-refractivity contribution in [3.05, 3.63) is 69.7 Å². The van der Waals surface area contributed by atoms with E-state index < -0.39 is 6.10 Å². The number of benzene rings is 2. The van der Waals surface area contributed by atoms with Gasteiger partial charge in [-0.3, -0.25) is 4.90 Å². The molecule has 2 aromatic rings. The Morgan fingerprint density at radius 1 is 0.957 bits per heavy atom. The molecule has 1 fully saturated rings. The second-order valence-electron chi connectivity index (χ2n) is 5.95. The molecule has 122 valence electrons. The van der Waals surface area contributed by atoms with E-state index in [0.29, 0.717) is 23.1 Å². The molecule has 3 atom stereocenters. The molecule has 23 heavy (non-hydrogen) atoms. The van der Waals surface area contributed by atoms with Crippen LogP contribution in [0.3, 0.4) is 0 Å². The summed E-state index contributed by atoms with van der Waals surface area (Å²) in [6.45, 7) is 1.29. The van der Waals surface area contributed by atoms with Crippen LogP contribution in [0.4, 0.5) is 0 Å². The van der Waals surface area contributed by atoms with Gasteiger partial charge in [0, 0.05) is 29.1 Å². The van der Waals surface area contributed by atoms with Gasteiger partial charge in [0.1, 0.15) is 0 Å². The van der Waals surface area contributed by atoms with Gasteiger partial charge in [-0.2, -0.15) is 0 Å². The Kier molecular flexibility index (Phi) is 5.24. The summed E-state index contributed by atoms with van der Waals surface area (Å²) in [4.78, 5) is 2.12. The lowest BCUT2D eigenvalue weighted by atomic mass is 9.94. The molecular formula is C18H19Cl2NO2. The number of aliphatic hydroxyl groups is 2. The number of rotatable bonds is 4. The van der Waals surface area contributed by atoms with E-state index in [2.05, 4.69) is 4.90 Å². The lowest BCUT2D eigenvalue weighted by Gasteiger charge is -2.24. The SMILES string of the molecule is OC[C@@H]1[C@H](O)[C@@H](c2ccc(Cl)cc2)CN1Cc1ccc(Cl)cc1. The molecule has 5 heteroatoms. The minimum absolute atomic E-state index is 0.0308. The Labute approximate surface area is 146 Å². The molecule has 1 heterocycles. The third-order valence-electron chi connectivity index (χ3n) is 4.49. The van der Waals surface area contributed by atoms with Crippen molar-refractivity contribution in [2.24, 2.45) is 0 Å². The predicted molar refractivity (Wildman–Crippen MR) is 92.9 cm³/mol. The lowest BCUT2D eigenvalue weighted by molar-refractivity contribution is 0.0641. The predicted octanol–water partition coefficient (Wildman–Crippen LogP) is 3.31. The number of aliphatic hydroxyl groups excluding tert-OH is 2. The molecule has 1 aliphatic rings. The minimum atomic E-state index is -0.603. The van der Waals surface area contributed by atoms with Gasteiger partial charge >= 0.3 is 0 Å². The number of halogens is 2. The van der Waals surface area contributed by atoms with E-state index in [1.165, 1.54) is 0 Å². The maximum atomic E-state index is 10.6. The molecule has 1 aliphatic heterocycles. The van der Waals surface area contributed by atoms with Gasteiger partial charge in [0.15, 0.2) is 0 Å². The number of hydrogen-bond donors (Lipinski definition) is 2. The normalized spacial score (nSPS) is 25.0. The van der Waals surface area contributed by atoms with Crippen LogP contribution in [0.5, 0.6) is 0 Å². The standard InChI is InChI=1S/C18H19Cl2NO2/c19-14-5-1-12(2-6-14)9-21-10-16(18(23)17(21)11-22)13-3-7-15(20)8-4-13/h1-8,16-18,22-23H,9-11H2/t16-,17-,18-/m1/s1. The average Bonchev–Trinajstić information content (AvgIpc) is 2.86. The van der Waals surface area contributed by atoms with Crippen LogP contribution >= 0.6 is 23.2 Å². The van der Waals surface area contributed by atoms with E-state index in [4.69, 9.17) is 23.2 Å². The fourth-order valence-electron chi connectivity index (χ4n) is 3.22. The molecule has 3 rings (SSSR count). The third kappa shape index (κ3) is 3.70. The lowest BCUT2D eigenvalue weighted by Crippen LogP contribution is -2.38. The molecule has 2 N–H and O–H groups in total. The van der Waals surface area contributed by atoms with Crippen molar-refractivity contribution in [2.45, 2.75) is 24.6 Å². The van der Waals surface area contributed by atoms with E-state index >= 15 is 0 Å². The second kappa shape index (κ2) is 7.20. The fraction of sp³-hybridized carbons (Fsp3) is 0.333. The summed E-state index contributed by atoms with van der Waals surface area (Å²) in [5.74, 6) is -0.0308. The molecule has 2 aromatic carbocycles. The van der Waals surface area contributed by atoms with E-state index in [9.17, 15) is 10.2 Å². The van der Waals surface area contributed by atoms with Crippen molar-refractivity contribution >= 4 is 23.2 Å². The summed E-state index contributed by atoms with van der Waals surface area (Å²) in [7, 11) is 0. The zero-order chi connectivity index (χ0) is 16.4. The highest BCUT2D eigenvalue weighted by atomic mass is 35.5. The van der Waals surface area contributed by atoms with Crippen LogP contribution in [-0.4, -0.2) is 40.4 Å². The van der Waals surface area contributed by atoms with Gasteiger partial charge in [0.25, 0.3) is 0 Å². The monoisotopic (exact) mass is 351 g/mol. The molecule has 1 saturated heterocycles. The highest BCUT2D eigenvalue weighted by molar-refractivity contribution is 6.30. The molecule has 0 bridgehead atoms. The van der Waals surface area contributed by atoms with Crippen LogP contribution in [0.1, 0.15) is 17.0 Å². The van der Waals surface area contributed by atoms with Crippen LogP contribution in [0.25, 0.3) is 0 Å². The quantitative estimate of drug-likeness (QED) is 0.887. The zero-order valence-electron chi connectivity index (χ0n) is 12.6. The second-order valence-corrected chi connectivity index (χ2v) is 6.83. The van der Waals surface area contributed by atoms with Crippen molar-refractivity contribution in [1.29, 1.82) is 0 Å². The zero-order valence-corrected chi connectivity index (χ0v) is 14.1. The van der Waals surface area contributed by atoms with E-state index in [-0.39, 0.29) is 18.6 Å². The van der Waals surface area contributed by atoms with Crippen LogP contribution in [0.2, 0.25) is 10.0 Å². The summed E-state index contributed by atoms with van der Waals surface area (Å²) >= 11 is 11.9. The summed E-state index contributed by atoms with van der Waals surface area (Å²) < 4.78 is 0. The van der Waals surface area contributed by atoms with Gasteiger partial charge in [-0.15, -0.1) is 0 Å². The largest absolute Gasteiger partial charge is 0.395 e. The highest BCUT2D eigenvalue weighted by Crippen LogP contribution is 2.33. The average molecular weight is 352 g/mol. The van der Waals surface area contributed by atoms with Crippen LogP contribution < -0.4 is 0 Å². The Bertz CT molecular complexity index is 645. The van der Waals surface area contributed by atoms with Gasteiger partial charge < -0.3 is 10.2 Å². The first-order valence-corrected chi connectivity index (χ1v) is 8.37. The first-order valence-electron chi connectivity index (χ1n) is 7.61. The Morgan fingerprint density at radius 3 is 2.09 bits per heavy atom. The van der Waals surface area contributed by atoms with Gasteiger partial charge in [0.05, 0.1) is 18.8 Å². The van der Waals surface area contributed by atoms with Gasteiger partial charge in [-0.05, 0) is 35.4 Å². The Hall–Kier alpha value is -1.10. The third-order valence-corrected chi connectivity index (χ3v) is 4.99. The van der Waals surface area contributed by atoms with E-state index in [0.717, 1.165) is 11.1 Å². The highest BCUT2D eigenvalue weighted by Gasteiger charge is 2.40. The smallest absolute Gasteiger partial charge is 0.0798 e. The van der Waals surface area contributed by atoms with Crippen molar-refractivity contribution in [1.82, 2.24) is 4.90 Å². The van der Waals surface area contributed by atoms with E-state index in [1.807, 2.05) is 48.5 Å². The van der Waals surface area contributed by atoms with E-state index in [1.54, 1.807) is 0 Å². The van der Waals surface area contributed by atoms with Gasteiger partial charge in [0.2, 0.25) is 0 Å². The molecule has 0 aliphatic carbocycles. The molecule has 0 aromatic heterocycles. The first kappa shape index (κ1) is 16.7. The summed E-state index contributed by atoms with van der Waals surface area (Å²) in [6.07, 6.45) is -0.603. The number of hydrogen-bond acceptors (Lipinski definition) is 3. The van der Waals surface area contributed by atoms with Crippen molar-refractivity contribution in [2.75, 3.05) is 13.2 Å². The molecule has 0 spiro atoms. The van der Waals surface area contributed by atoms with Gasteiger partial charge in [-0.25, -0.2) is 0 Å². The molecule has 3 nitrogen and oxygen atoms in total. The first-order chi connectivity index (χ1) is 11.1. The number of likely N-dealkylation sites (tertiary alicyclic amines) is 1. The maximum absolute atomic E-state index is 10.6. The molecule has 0 unspecified atom stereocenters. The van der Waals surface area contributed by atoms with Crippen molar-refractivity contribution in [3.63, 3.8) is 0 Å². The molecule has 0 radical (unpaired) electrons. The number of nitrogens with zero attached hydrogens (tertiary/aromatic N) is 1.